The lowest BCUT2D eigenvalue weighted by Gasteiger charge is -2.36. The van der Waals surface area contributed by atoms with Gasteiger partial charge in [0.05, 0.1) is 25.5 Å². The number of piperidine rings is 1. The summed E-state index contributed by atoms with van der Waals surface area (Å²) in [5.74, 6) is 2.68. The van der Waals surface area contributed by atoms with Gasteiger partial charge in [-0.25, -0.2) is 4.98 Å². The van der Waals surface area contributed by atoms with Crippen molar-refractivity contribution in [1.29, 1.82) is 0 Å². The molecule has 2 heterocycles. The Balaban J connectivity index is 1.80. The number of methoxy groups -OCH3 is 2. The molecule has 1 aromatic carbocycles. The highest BCUT2D eigenvalue weighted by molar-refractivity contribution is 5.60. The minimum absolute atomic E-state index is 0.567. The number of β-amino-alcohol motifs (C(OH)–C–C–N with tert-alkyl or cyclic N) is 1. The molecule has 25 heavy (non-hydrogen) atoms. The molecule has 0 aliphatic carbocycles. The summed E-state index contributed by atoms with van der Waals surface area (Å²) < 4.78 is 16.5. The van der Waals surface area contributed by atoms with Gasteiger partial charge in [0, 0.05) is 18.7 Å². The van der Waals surface area contributed by atoms with Crippen molar-refractivity contribution in [2.24, 2.45) is 0 Å². The van der Waals surface area contributed by atoms with Gasteiger partial charge >= 0.3 is 0 Å². The lowest BCUT2D eigenvalue weighted by Crippen LogP contribution is -2.45. The van der Waals surface area contributed by atoms with E-state index < -0.39 is 5.60 Å². The molecule has 1 aromatic heterocycles. The fourth-order valence-corrected chi connectivity index (χ4v) is 3.34. The van der Waals surface area contributed by atoms with E-state index in [4.69, 9.17) is 13.9 Å². The molecule has 136 valence electrons. The molecule has 2 aromatic rings. The first-order valence-electron chi connectivity index (χ1n) is 8.55. The fraction of sp³-hybridized carbons (Fsp3) is 0.526. The van der Waals surface area contributed by atoms with Crippen molar-refractivity contribution in [2.45, 2.75) is 38.8 Å². The van der Waals surface area contributed by atoms with E-state index in [1.54, 1.807) is 14.2 Å². The van der Waals surface area contributed by atoms with Crippen molar-refractivity contribution in [2.75, 3.05) is 27.3 Å². The first-order valence-corrected chi connectivity index (χ1v) is 8.55. The van der Waals surface area contributed by atoms with Crippen LogP contribution in [0.2, 0.25) is 0 Å². The Morgan fingerprint density at radius 3 is 2.72 bits per heavy atom. The maximum atomic E-state index is 10.3. The molecule has 0 amide bonds. The van der Waals surface area contributed by atoms with Crippen molar-refractivity contribution >= 4 is 0 Å². The van der Waals surface area contributed by atoms with Gasteiger partial charge in [-0.3, -0.25) is 4.90 Å². The normalized spacial score (nSPS) is 21.3. The SMILES string of the molecule is COc1ccc(-c2nc(CN3CCC[C@](C)(O)C3)c(C)o2)cc1OC. The van der Waals surface area contributed by atoms with Crippen LogP contribution in [-0.2, 0) is 6.54 Å². The number of aliphatic hydroxyl groups is 1. The first-order chi connectivity index (χ1) is 11.9. The summed E-state index contributed by atoms with van der Waals surface area (Å²) in [5.41, 5.74) is 1.13. The second-order valence-corrected chi connectivity index (χ2v) is 6.90. The van der Waals surface area contributed by atoms with Crippen LogP contribution in [0.1, 0.15) is 31.2 Å². The van der Waals surface area contributed by atoms with Gasteiger partial charge in [0.2, 0.25) is 5.89 Å². The lowest BCUT2D eigenvalue weighted by atomic mass is 9.95. The Bertz CT molecular complexity index is 739. The summed E-state index contributed by atoms with van der Waals surface area (Å²) in [5, 5.41) is 10.3. The van der Waals surface area contributed by atoms with Crippen LogP contribution >= 0.6 is 0 Å². The zero-order valence-corrected chi connectivity index (χ0v) is 15.3. The smallest absolute Gasteiger partial charge is 0.226 e. The molecule has 1 aliphatic heterocycles. The Labute approximate surface area is 148 Å². The number of aromatic nitrogens is 1. The Morgan fingerprint density at radius 1 is 1.28 bits per heavy atom. The van der Waals surface area contributed by atoms with Crippen LogP contribution in [0.15, 0.2) is 22.6 Å². The summed E-state index contributed by atoms with van der Waals surface area (Å²) >= 11 is 0. The Kier molecular flexibility index (Phi) is 5.01. The van der Waals surface area contributed by atoms with Gasteiger partial charge in [0.25, 0.3) is 0 Å². The highest BCUT2D eigenvalue weighted by atomic mass is 16.5. The minimum atomic E-state index is -0.623. The average molecular weight is 346 g/mol. The molecular formula is C19H26N2O4. The van der Waals surface area contributed by atoms with Crippen molar-refractivity contribution in [3.05, 3.63) is 29.7 Å². The van der Waals surface area contributed by atoms with E-state index in [9.17, 15) is 5.11 Å². The number of oxazole rings is 1. The fourth-order valence-electron chi connectivity index (χ4n) is 3.34. The number of likely N-dealkylation sites (tertiary alicyclic amines) is 1. The topological polar surface area (TPSA) is 68.0 Å². The maximum Gasteiger partial charge on any atom is 0.226 e. The molecule has 6 heteroatoms. The molecule has 1 saturated heterocycles. The molecule has 0 unspecified atom stereocenters. The standard InChI is InChI=1S/C19H26N2O4/c1-13-15(11-21-9-5-8-19(2,22)12-21)20-18(25-13)14-6-7-16(23-3)17(10-14)24-4/h6-7,10,22H,5,8-9,11-12H2,1-4H3/t19-/m0/s1. The van der Waals surface area contributed by atoms with E-state index in [0.717, 1.165) is 36.4 Å². The highest BCUT2D eigenvalue weighted by Gasteiger charge is 2.29. The van der Waals surface area contributed by atoms with Crippen LogP contribution in [0, 0.1) is 6.92 Å². The molecule has 0 bridgehead atoms. The van der Waals surface area contributed by atoms with Crippen molar-refractivity contribution in [3.8, 4) is 23.0 Å². The van der Waals surface area contributed by atoms with E-state index in [1.165, 1.54) is 0 Å². The Morgan fingerprint density at radius 2 is 2.04 bits per heavy atom. The summed E-state index contributed by atoms with van der Waals surface area (Å²) in [6, 6.07) is 5.61. The monoisotopic (exact) mass is 346 g/mol. The number of hydrogen-bond donors (Lipinski definition) is 1. The lowest BCUT2D eigenvalue weighted by molar-refractivity contribution is -0.0185. The third kappa shape index (κ3) is 3.96. The zero-order chi connectivity index (χ0) is 18.0. The van der Waals surface area contributed by atoms with Crippen molar-refractivity contribution in [3.63, 3.8) is 0 Å². The average Bonchev–Trinajstić information content (AvgIpc) is 2.94. The van der Waals surface area contributed by atoms with E-state index in [0.29, 0.717) is 30.5 Å². The van der Waals surface area contributed by atoms with Gasteiger partial charge in [0.1, 0.15) is 5.76 Å². The molecule has 1 N–H and O–H groups in total. The number of ether oxygens (including phenoxy) is 2. The van der Waals surface area contributed by atoms with Crippen LogP contribution in [-0.4, -0.2) is 47.9 Å². The summed E-state index contributed by atoms with van der Waals surface area (Å²) in [6.07, 6.45) is 1.84. The highest BCUT2D eigenvalue weighted by Crippen LogP contribution is 2.33. The van der Waals surface area contributed by atoms with Gasteiger partial charge in [-0.2, -0.15) is 0 Å². The summed E-state index contributed by atoms with van der Waals surface area (Å²) in [7, 11) is 3.22. The van der Waals surface area contributed by atoms with Crippen molar-refractivity contribution < 1.29 is 19.0 Å². The number of aryl methyl sites for hydroxylation is 1. The molecule has 1 atom stereocenters. The van der Waals surface area contributed by atoms with Gasteiger partial charge in [-0.15, -0.1) is 0 Å². The van der Waals surface area contributed by atoms with Gasteiger partial charge in [-0.1, -0.05) is 0 Å². The minimum Gasteiger partial charge on any atom is -0.493 e. The molecule has 1 fully saturated rings. The maximum absolute atomic E-state index is 10.3. The zero-order valence-electron chi connectivity index (χ0n) is 15.3. The van der Waals surface area contributed by atoms with Crippen LogP contribution in [0.5, 0.6) is 11.5 Å². The quantitative estimate of drug-likeness (QED) is 0.898. The molecule has 1 aliphatic rings. The number of hydrogen-bond acceptors (Lipinski definition) is 6. The number of nitrogens with zero attached hydrogens (tertiary/aromatic N) is 2. The van der Waals surface area contributed by atoms with Gasteiger partial charge in [0.15, 0.2) is 11.5 Å². The predicted molar refractivity (Wildman–Crippen MR) is 94.9 cm³/mol. The van der Waals surface area contributed by atoms with E-state index >= 15 is 0 Å². The summed E-state index contributed by atoms with van der Waals surface area (Å²) in [6.45, 7) is 6.12. The number of benzene rings is 1. The van der Waals surface area contributed by atoms with E-state index in [1.807, 2.05) is 32.0 Å². The van der Waals surface area contributed by atoms with Crippen molar-refractivity contribution in [1.82, 2.24) is 9.88 Å². The first kappa shape index (κ1) is 17.8. The van der Waals surface area contributed by atoms with E-state index in [-0.39, 0.29) is 0 Å². The largest absolute Gasteiger partial charge is 0.493 e. The number of rotatable bonds is 5. The van der Waals surface area contributed by atoms with Crippen LogP contribution in [0.3, 0.4) is 0 Å². The molecule has 0 saturated carbocycles. The molecule has 3 rings (SSSR count). The van der Waals surface area contributed by atoms with Crippen LogP contribution < -0.4 is 9.47 Å². The van der Waals surface area contributed by atoms with Gasteiger partial charge in [-0.05, 0) is 51.4 Å². The van der Waals surface area contributed by atoms with Gasteiger partial charge < -0.3 is 19.0 Å². The second kappa shape index (κ2) is 7.06. The molecule has 6 nitrogen and oxygen atoms in total. The predicted octanol–water partition coefficient (Wildman–Crippen LogP) is 3.01. The van der Waals surface area contributed by atoms with E-state index in [2.05, 4.69) is 9.88 Å². The second-order valence-electron chi connectivity index (χ2n) is 6.90. The molecule has 0 spiro atoms. The van der Waals surface area contributed by atoms with Crippen LogP contribution in [0.4, 0.5) is 0 Å². The third-order valence-corrected chi connectivity index (χ3v) is 4.65. The summed E-state index contributed by atoms with van der Waals surface area (Å²) in [4.78, 5) is 6.90. The van der Waals surface area contributed by atoms with Crippen LogP contribution in [0.25, 0.3) is 11.5 Å². The molecular weight excluding hydrogens is 320 g/mol. The Hall–Kier alpha value is -2.05. The third-order valence-electron chi connectivity index (χ3n) is 4.65. The molecule has 0 radical (unpaired) electrons.